The highest BCUT2D eigenvalue weighted by Crippen LogP contribution is 2.62. The van der Waals surface area contributed by atoms with Crippen LogP contribution < -0.4 is 5.32 Å². The maximum absolute atomic E-state index is 11.9. The molecule has 0 atom stereocenters. The fourth-order valence-corrected chi connectivity index (χ4v) is 1.95. The van der Waals surface area contributed by atoms with Crippen LogP contribution in [0, 0.1) is 10.8 Å². The lowest BCUT2D eigenvalue weighted by molar-refractivity contribution is -0.139. The average molecular weight is 213 g/mol. The Morgan fingerprint density at radius 3 is 1.87 bits per heavy atom. The van der Waals surface area contributed by atoms with Gasteiger partial charge >= 0.3 is 0 Å². The Morgan fingerprint density at radius 2 is 1.60 bits per heavy atom. The standard InChI is InChI=1S/C12H23NO2/c1-10(2)8(11(10,3)4)13-9(14)12(5,6)15-7/h8H,1-7H3,(H,13,14). The van der Waals surface area contributed by atoms with Gasteiger partial charge in [0.25, 0.3) is 5.91 Å². The molecule has 0 bridgehead atoms. The van der Waals surface area contributed by atoms with Gasteiger partial charge in [-0.1, -0.05) is 27.7 Å². The summed E-state index contributed by atoms with van der Waals surface area (Å²) in [6.07, 6.45) is 0. The normalized spacial score (nSPS) is 23.7. The van der Waals surface area contributed by atoms with Crippen molar-refractivity contribution in [3.05, 3.63) is 0 Å². The summed E-state index contributed by atoms with van der Waals surface area (Å²) >= 11 is 0. The Bertz CT molecular complexity index is 265. The van der Waals surface area contributed by atoms with Crippen LogP contribution in [0.4, 0.5) is 0 Å². The van der Waals surface area contributed by atoms with Gasteiger partial charge in [0.1, 0.15) is 5.60 Å². The minimum atomic E-state index is -0.741. The van der Waals surface area contributed by atoms with Crippen LogP contribution in [0.3, 0.4) is 0 Å². The molecule has 0 aliphatic heterocycles. The summed E-state index contributed by atoms with van der Waals surface area (Å²) in [6.45, 7) is 12.3. The first-order valence-electron chi connectivity index (χ1n) is 5.43. The van der Waals surface area contributed by atoms with Gasteiger partial charge < -0.3 is 10.1 Å². The van der Waals surface area contributed by atoms with E-state index in [1.807, 2.05) is 0 Å². The van der Waals surface area contributed by atoms with Crippen LogP contribution in [0.25, 0.3) is 0 Å². The lowest BCUT2D eigenvalue weighted by Gasteiger charge is -2.22. The molecule has 3 heteroatoms. The molecule has 0 unspecified atom stereocenters. The molecule has 1 aliphatic rings. The maximum atomic E-state index is 11.9. The molecule has 1 amide bonds. The van der Waals surface area contributed by atoms with Gasteiger partial charge in [0.05, 0.1) is 0 Å². The van der Waals surface area contributed by atoms with Crippen LogP contribution in [0.1, 0.15) is 41.5 Å². The van der Waals surface area contributed by atoms with E-state index in [2.05, 4.69) is 33.0 Å². The topological polar surface area (TPSA) is 38.3 Å². The molecule has 15 heavy (non-hydrogen) atoms. The van der Waals surface area contributed by atoms with Crippen molar-refractivity contribution in [1.82, 2.24) is 5.32 Å². The quantitative estimate of drug-likeness (QED) is 0.778. The van der Waals surface area contributed by atoms with Crippen LogP contribution in [-0.4, -0.2) is 24.7 Å². The third-order valence-electron chi connectivity index (χ3n) is 4.35. The SMILES string of the molecule is COC(C)(C)C(=O)NC1C(C)(C)C1(C)C. The van der Waals surface area contributed by atoms with Crippen molar-refractivity contribution >= 4 is 5.91 Å². The molecular weight excluding hydrogens is 190 g/mol. The zero-order valence-corrected chi connectivity index (χ0v) is 10.9. The summed E-state index contributed by atoms with van der Waals surface area (Å²) in [5.41, 5.74) is -0.395. The molecule has 1 fully saturated rings. The zero-order valence-electron chi connectivity index (χ0n) is 10.9. The van der Waals surface area contributed by atoms with Gasteiger partial charge in [-0.2, -0.15) is 0 Å². The number of nitrogens with one attached hydrogen (secondary N) is 1. The summed E-state index contributed by atoms with van der Waals surface area (Å²) in [6, 6.07) is 0.243. The summed E-state index contributed by atoms with van der Waals surface area (Å²) in [5.74, 6) is -0.0337. The second-order valence-corrected chi connectivity index (χ2v) is 6.06. The van der Waals surface area contributed by atoms with E-state index in [9.17, 15) is 4.79 Å². The number of hydrogen-bond donors (Lipinski definition) is 1. The molecular formula is C12H23NO2. The Morgan fingerprint density at radius 1 is 1.20 bits per heavy atom. The third-order valence-corrected chi connectivity index (χ3v) is 4.35. The Balaban J connectivity index is 2.64. The van der Waals surface area contributed by atoms with Crippen molar-refractivity contribution < 1.29 is 9.53 Å². The predicted molar refractivity (Wildman–Crippen MR) is 60.6 cm³/mol. The van der Waals surface area contributed by atoms with E-state index in [0.29, 0.717) is 0 Å². The van der Waals surface area contributed by atoms with E-state index >= 15 is 0 Å². The molecule has 0 radical (unpaired) electrons. The Labute approximate surface area is 92.6 Å². The van der Waals surface area contributed by atoms with Gasteiger partial charge in [-0.15, -0.1) is 0 Å². The smallest absolute Gasteiger partial charge is 0.251 e. The molecule has 0 aromatic rings. The number of carbonyl (C=O) groups is 1. The molecule has 1 N–H and O–H groups in total. The van der Waals surface area contributed by atoms with Gasteiger partial charge in [-0.3, -0.25) is 4.79 Å². The van der Waals surface area contributed by atoms with Crippen LogP contribution in [-0.2, 0) is 9.53 Å². The molecule has 0 aromatic carbocycles. The minimum absolute atomic E-state index is 0.0337. The first-order valence-corrected chi connectivity index (χ1v) is 5.43. The number of methoxy groups -OCH3 is 1. The fourth-order valence-electron chi connectivity index (χ4n) is 1.95. The molecule has 88 valence electrons. The van der Waals surface area contributed by atoms with Gasteiger partial charge in [-0.25, -0.2) is 0 Å². The summed E-state index contributed by atoms with van der Waals surface area (Å²) in [7, 11) is 1.56. The van der Waals surface area contributed by atoms with Crippen LogP contribution in [0.15, 0.2) is 0 Å². The lowest BCUT2D eigenvalue weighted by atomic mass is 10.0. The second-order valence-electron chi connectivity index (χ2n) is 6.06. The van der Waals surface area contributed by atoms with Crippen molar-refractivity contribution in [2.45, 2.75) is 53.2 Å². The second kappa shape index (κ2) is 3.21. The van der Waals surface area contributed by atoms with Crippen LogP contribution in [0.2, 0.25) is 0 Å². The van der Waals surface area contributed by atoms with Gasteiger partial charge in [-0.05, 0) is 24.7 Å². The minimum Gasteiger partial charge on any atom is -0.369 e. The molecule has 0 aromatic heterocycles. The van der Waals surface area contributed by atoms with E-state index < -0.39 is 5.60 Å². The highest BCUT2D eigenvalue weighted by molar-refractivity contribution is 5.85. The number of carbonyl (C=O) groups excluding carboxylic acids is 1. The van der Waals surface area contributed by atoms with Gasteiger partial charge in [0.2, 0.25) is 0 Å². The zero-order chi connectivity index (χ0) is 12.1. The number of amides is 1. The van der Waals surface area contributed by atoms with Crippen LogP contribution in [0.5, 0.6) is 0 Å². The molecule has 1 rings (SSSR count). The predicted octanol–water partition coefficient (Wildman–Crippen LogP) is 1.96. The van der Waals surface area contributed by atoms with Crippen molar-refractivity contribution in [3.8, 4) is 0 Å². The van der Waals surface area contributed by atoms with Crippen LogP contribution >= 0.6 is 0 Å². The van der Waals surface area contributed by atoms with Crippen molar-refractivity contribution in [1.29, 1.82) is 0 Å². The molecule has 3 nitrogen and oxygen atoms in total. The summed E-state index contributed by atoms with van der Waals surface area (Å²) in [5, 5.41) is 3.06. The fraction of sp³-hybridized carbons (Fsp3) is 0.917. The van der Waals surface area contributed by atoms with E-state index in [-0.39, 0.29) is 22.8 Å². The number of hydrogen-bond acceptors (Lipinski definition) is 2. The van der Waals surface area contributed by atoms with E-state index in [1.54, 1.807) is 21.0 Å². The maximum Gasteiger partial charge on any atom is 0.251 e. The number of ether oxygens (including phenoxy) is 1. The average Bonchev–Trinajstić information content (AvgIpc) is 2.48. The molecule has 0 saturated heterocycles. The van der Waals surface area contributed by atoms with E-state index in [4.69, 9.17) is 4.74 Å². The largest absolute Gasteiger partial charge is 0.369 e. The highest BCUT2D eigenvalue weighted by atomic mass is 16.5. The first kappa shape index (κ1) is 12.5. The molecule has 1 saturated carbocycles. The van der Waals surface area contributed by atoms with Crippen molar-refractivity contribution in [2.75, 3.05) is 7.11 Å². The summed E-state index contributed by atoms with van der Waals surface area (Å²) < 4.78 is 5.15. The monoisotopic (exact) mass is 213 g/mol. The molecule has 1 aliphatic carbocycles. The summed E-state index contributed by atoms with van der Waals surface area (Å²) in [4.78, 5) is 11.9. The van der Waals surface area contributed by atoms with Gasteiger partial charge in [0, 0.05) is 13.2 Å². The van der Waals surface area contributed by atoms with Crippen molar-refractivity contribution in [2.24, 2.45) is 10.8 Å². The Kier molecular flexibility index (Phi) is 2.67. The third kappa shape index (κ3) is 1.78. The van der Waals surface area contributed by atoms with E-state index in [1.165, 1.54) is 0 Å². The Hall–Kier alpha value is -0.570. The molecule has 0 heterocycles. The van der Waals surface area contributed by atoms with Gasteiger partial charge in [0.15, 0.2) is 0 Å². The first-order chi connectivity index (χ1) is 6.57. The lowest BCUT2D eigenvalue weighted by Crippen LogP contribution is -2.45. The number of rotatable bonds is 3. The van der Waals surface area contributed by atoms with Crippen molar-refractivity contribution in [3.63, 3.8) is 0 Å². The van der Waals surface area contributed by atoms with E-state index in [0.717, 1.165) is 0 Å². The highest BCUT2D eigenvalue weighted by Gasteiger charge is 2.65. The molecule has 0 spiro atoms.